The predicted molar refractivity (Wildman–Crippen MR) is 84.1 cm³/mol. The van der Waals surface area contributed by atoms with E-state index < -0.39 is 17.7 Å². The van der Waals surface area contributed by atoms with E-state index >= 15 is 0 Å². The van der Waals surface area contributed by atoms with Gasteiger partial charge in [0.2, 0.25) is 0 Å². The van der Waals surface area contributed by atoms with E-state index in [1.165, 1.54) is 25.3 Å². The highest BCUT2D eigenvalue weighted by Crippen LogP contribution is 2.29. The molecule has 0 unspecified atom stereocenters. The number of hydroxylamine groups is 2. The van der Waals surface area contributed by atoms with Crippen LogP contribution in [0.1, 0.15) is 53.4 Å². The van der Waals surface area contributed by atoms with Crippen LogP contribution in [-0.4, -0.2) is 42.9 Å². The SMILES string of the molecule is CON(C)C(=O)[C@H](CC1=C(C)CCC1)NC(=O)OC(C)(C)C. The van der Waals surface area contributed by atoms with Crippen molar-refractivity contribution in [2.24, 2.45) is 0 Å². The maximum atomic E-state index is 12.4. The van der Waals surface area contributed by atoms with Gasteiger partial charge in [0.15, 0.2) is 0 Å². The number of nitrogens with one attached hydrogen (secondary N) is 1. The molecule has 0 heterocycles. The first-order chi connectivity index (χ1) is 10.1. The molecule has 1 aliphatic carbocycles. The number of hydrogen-bond donors (Lipinski definition) is 1. The minimum absolute atomic E-state index is 0.291. The Labute approximate surface area is 132 Å². The lowest BCUT2D eigenvalue weighted by molar-refractivity contribution is -0.171. The van der Waals surface area contributed by atoms with Crippen molar-refractivity contribution in [2.45, 2.75) is 65.0 Å². The Kier molecular flexibility index (Phi) is 6.41. The summed E-state index contributed by atoms with van der Waals surface area (Å²) in [5.41, 5.74) is 1.94. The third-order valence-corrected chi connectivity index (χ3v) is 3.66. The molecule has 0 aromatic heterocycles. The number of nitrogens with zero attached hydrogens (tertiary/aromatic N) is 1. The van der Waals surface area contributed by atoms with Gasteiger partial charge < -0.3 is 10.1 Å². The Morgan fingerprint density at radius 2 is 1.95 bits per heavy atom. The molecule has 1 atom stereocenters. The summed E-state index contributed by atoms with van der Waals surface area (Å²) in [6.07, 6.45) is 3.05. The van der Waals surface area contributed by atoms with Crippen molar-refractivity contribution in [1.82, 2.24) is 10.4 Å². The first-order valence-electron chi connectivity index (χ1n) is 7.62. The summed E-state index contributed by atoms with van der Waals surface area (Å²) in [5.74, 6) is -0.291. The van der Waals surface area contributed by atoms with E-state index in [2.05, 4.69) is 12.2 Å². The molecule has 1 aliphatic rings. The minimum Gasteiger partial charge on any atom is -0.444 e. The first-order valence-corrected chi connectivity index (χ1v) is 7.62. The molecule has 0 aromatic rings. The second-order valence-electron chi connectivity index (χ2n) is 6.66. The summed E-state index contributed by atoms with van der Waals surface area (Å²) in [6.45, 7) is 7.44. The molecule has 0 aromatic carbocycles. The lowest BCUT2D eigenvalue weighted by Gasteiger charge is -2.26. The highest BCUT2D eigenvalue weighted by molar-refractivity contribution is 5.85. The van der Waals surface area contributed by atoms with Crippen LogP contribution in [0.25, 0.3) is 0 Å². The van der Waals surface area contributed by atoms with Gasteiger partial charge in [0, 0.05) is 7.05 Å². The highest BCUT2D eigenvalue weighted by atomic mass is 16.7. The van der Waals surface area contributed by atoms with Gasteiger partial charge in [-0.3, -0.25) is 9.63 Å². The third kappa shape index (κ3) is 5.67. The van der Waals surface area contributed by atoms with E-state index in [0.29, 0.717) is 6.42 Å². The number of allylic oxidation sites excluding steroid dienone is 1. The number of carbonyl (C=O) groups is 2. The fourth-order valence-corrected chi connectivity index (χ4v) is 2.44. The Bertz CT molecular complexity index is 452. The van der Waals surface area contributed by atoms with Crippen molar-refractivity contribution < 1.29 is 19.2 Å². The van der Waals surface area contributed by atoms with E-state index in [1.54, 1.807) is 20.8 Å². The summed E-state index contributed by atoms with van der Waals surface area (Å²) < 4.78 is 5.25. The van der Waals surface area contributed by atoms with Crippen molar-refractivity contribution in [3.8, 4) is 0 Å². The quantitative estimate of drug-likeness (QED) is 0.626. The van der Waals surface area contributed by atoms with Crippen LogP contribution in [0.4, 0.5) is 4.79 Å². The fraction of sp³-hybridized carbons (Fsp3) is 0.750. The summed E-state index contributed by atoms with van der Waals surface area (Å²) >= 11 is 0. The van der Waals surface area contributed by atoms with E-state index in [0.717, 1.165) is 24.3 Å². The van der Waals surface area contributed by atoms with Gasteiger partial charge in [-0.2, -0.15) is 0 Å². The molecule has 6 heteroatoms. The van der Waals surface area contributed by atoms with Crippen LogP contribution in [-0.2, 0) is 14.4 Å². The Morgan fingerprint density at radius 3 is 2.41 bits per heavy atom. The molecule has 1 N–H and O–H groups in total. The predicted octanol–water partition coefficient (Wildman–Crippen LogP) is 2.79. The van der Waals surface area contributed by atoms with Crippen molar-refractivity contribution in [3.63, 3.8) is 0 Å². The lowest BCUT2D eigenvalue weighted by atomic mass is 10.0. The van der Waals surface area contributed by atoms with E-state index in [1.807, 2.05) is 0 Å². The lowest BCUT2D eigenvalue weighted by Crippen LogP contribution is -2.48. The standard InChI is InChI=1S/C16H28N2O4/c1-11-8-7-9-12(11)10-13(14(19)18(5)21-6)17-15(20)22-16(2,3)4/h13H,7-10H2,1-6H3,(H,17,20)/t13-/m0/s1. The number of amides is 2. The molecular weight excluding hydrogens is 284 g/mol. The fourth-order valence-electron chi connectivity index (χ4n) is 2.44. The van der Waals surface area contributed by atoms with Crippen LogP contribution in [0.2, 0.25) is 0 Å². The minimum atomic E-state index is -0.678. The number of hydrogen-bond acceptors (Lipinski definition) is 4. The second-order valence-corrected chi connectivity index (χ2v) is 6.66. The molecule has 0 bridgehead atoms. The largest absolute Gasteiger partial charge is 0.444 e. The maximum absolute atomic E-state index is 12.4. The van der Waals surface area contributed by atoms with E-state index in [4.69, 9.17) is 9.57 Å². The molecule has 1 rings (SSSR count). The van der Waals surface area contributed by atoms with Crippen LogP contribution >= 0.6 is 0 Å². The summed E-state index contributed by atoms with van der Waals surface area (Å²) in [4.78, 5) is 29.3. The van der Waals surface area contributed by atoms with Crippen molar-refractivity contribution in [3.05, 3.63) is 11.1 Å². The van der Waals surface area contributed by atoms with Crippen molar-refractivity contribution in [2.75, 3.05) is 14.2 Å². The molecule has 0 radical (unpaired) electrons. The zero-order valence-electron chi connectivity index (χ0n) is 14.5. The monoisotopic (exact) mass is 312 g/mol. The van der Waals surface area contributed by atoms with E-state index in [9.17, 15) is 9.59 Å². The maximum Gasteiger partial charge on any atom is 0.408 e. The Balaban J connectivity index is 2.80. The van der Waals surface area contributed by atoms with Gasteiger partial charge >= 0.3 is 6.09 Å². The topological polar surface area (TPSA) is 67.9 Å². The van der Waals surface area contributed by atoms with Gasteiger partial charge in [0.25, 0.3) is 5.91 Å². The molecule has 0 aliphatic heterocycles. The van der Waals surface area contributed by atoms with Crippen LogP contribution in [0.3, 0.4) is 0 Å². The van der Waals surface area contributed by atoms with Gasteiger partial charge in [-0.25, -0.2) is 9.86 Å². The van der Waals surface area contributed by atoms with Gasteiger partial charge in [-0.1, -0.05) is 11.1 Å². The number of carbonyl (C=O) groups excluding carboxylic acids is 2. The average molecular weight is 312 g/mol. The zero-order valence-corrected chi connectivity index (χ0v) is 14.5. The second kappa shape index (κ2) is 7.63. The number of rotatable bonds is 5. The van der Waals surface area contributed by atoms with Gasteiger partial charge in [0.1, 0.15) is 11.6 Å². The van der Waals surface area contributed by atoms with Crippen LogP contribution in [0.15, 0.2) is 11.1 Å². The Morgan fingerprint density at radius 1 is 1.32 bits per heavy atom. The zero-order chi connectivity index (χ0) is 16.9. The molecule has 0 spiro atoms. The first kappa shape index (κ1) is 18.5. The molecule has 0 fully saturated rings. The van der Waals surface area contributed by atoms with E-state index in [-0.39, 0.29) is 5.91 Å². The number of ether oxygens (including phenoxy) is 1. The summed E-state index contributed by atoms with van der Waals surface area (Å²) in [6, 6.07) is -0.678. The molecule has 0 saturated carbocycles. The number of alkyl carbamates (subject to hydrolysis) is 1. The Hall–Kier alpha value is -1.56. The van der Waals surface area contributed by atoms with Gasteiger partial charge in [-0.05, 0) is 53.4 Å². The van der Waals surface area contributed by atoms with Crippen LogP contribution in [0, 0.1) is 0 Å². The summed E-state index contributed by atoms with van der Waals surface area (Å²) in [7, 11) is 2.95. The molecule has 2 amide bonds. The average Bonchev–Trinajstić information content (AvgIpc) is 2.79. The highest BCUT2D eigenvalue weighted by Gasteiger charge is 2.29. The molecule has 6 nitrogen and oxygen atoms in total. The van der Waals surface area contributed by atoms with Crippen LogP contribution in [0.5, 0.6) is 0 Å². The molecule has 22 heavy (non-hydrogen) atoms. The van der Waals surface area contributed by atoms with Crippen molar-refractivity contribution >= 4 is 12.0 Å². The normalized spacial score (nSPS) is 16.5. The van der Waals surface area contributed by atoms with Crippen LogP contribution < -0.4 is 5.32 Å². The molecule has 126 valence electrons. The number of likely N-dealkylation sites (N-methyl/N-ethyl adjacent to an activating group) is 1. The molecule has 0 saturated heterocycles. The third-order valence-electron chi connectivity index (χ3n) is 3.66. The van der Waals surface area contributed by atoms with Gasteiger partial charge in [0.05, 0.1) is 7.11 Å². The molecular formula is C16H28N2O4. The van der Waals surface area contributed by atoms with Gasteiger partial charge in [-0.15, -0.1) is 0 Å². The van der Waals surface area contributed by atoms with Crippen molar-refractivity contribution in [1.29, 1.82) is 0 Å². The smallest absolute Gasteiger partial charge is 0.408 e. The summed E-state index contributed by atoms with van der Waals surface area (Å²) in [5, 5.41) is 3.80.